The number of ether oxygens (including phenoxy) is 3. The number of aliphatic hydroxyl groups is 1. The maximum Gasteiger partial charge on any atom is 0.286 e. The lowest BCUT2D eigenvalue weighted by Gasteiger charge is -2.37. The third kappa shape index (κ3) is 5.56. The first-order valence-corrected chi connectivity index (χ1v) is 9.14. The van der Waals surface area contributed by atoms with Gasteiger partial charge in [-0.05, 0) is 31.4 Å². The number of carbonyl (C=O) groups is 1. The highest BCUT2D eigenvalue weighted by molar-refractivity contribution is 5.91. The van der Waals surface area contributed by atoms with Crippen LogP contribution in [0.3, 0.4) is 0 Å². The number of methoxy groups -OCH3 is 1. The van der Waals surface area contributed by atoms with Gasteiger partial charge in [-0.3, -0.25) is 4.79 Å². The highest BCUT2D eigenvalue weighted by atomic mass is 16.7. The van der Waals surface area contributed by atoms with Gasteiger partial charge in [0.25, 0.3) is 5.91 Å². The van der Waals surface area contributed by atoms with E-state index in [1.165, 1.54) is 0 Å². The fraction of sp³-hybridized carbons (Fsp3) is 0.550. The maximum atomic E-state index is 12.5. The van der Waals surface area contributed by atoms with Crippen LogP contribution in [-0.2, 0) is 19.0 Å². The van der Waals surface area contributed by atoms with Crippen molar-refractivity contribution in [1.29, 1.82) is 0 Å². The van der Waals surface area contributed by atoms with Gasteiger partial charge in [-0.25, -0.2) is 0 Å². The normalized spacial score (nSPS) is 22.4. The lowest BCUT2D eigenvalue weighted by atomic mass is 9.80. The summed E-state index contributed by atoms with van der Waals surface area (Å²) in [5, 5.41) is 12.1. The zero-order chi connectivity index (χ0) is 18.8. The van der Waals surface area contributed by atoms with Crippen LogP contribution in [0, 0.1) is 5.92 Å². The smallest absolute Gasteiger partial charge is 0.286 e. The zero-order valence-electron chi connectivity index (χ0n) is 15.5. The van der Waals surface area contributed by atoms with Crippen LogP contribution in [0.1, 0.15) is 31.2 Å². The molecule has 0 saturated carbocycles. The van der Waals surface area contributed by atoms with E-state index in [0.717, 1.165) is 12.0 Å². The molecule has 1 heterocycles. The van der Waals surface area contributed by atoms with E-state index in [1.807, 2.05) is 43.3 Å². The molecule has 2 rings (SSSR count). The van der Waals surface area contributed by atoms with Crippen LogP contribution in [0.15, 0.2) is 42.2 Å². The minimum atomic E-state index is -0.523. The van der Waals surface area contributed by atoms with Crippen molar-refractivity contribution in [3.05, 3.63) is 47.7 Å². The SMILES string of the molecule is CCO[C@H]1OC(C(=O)NCCOC)=C[C@@H](c2ccccc2)[C@H]1CCCO. The van der Waals surface area contributed by atoms with Crippen LogP contribution in [0.5, 0.6) is 0 Å². The van der Waals surface area contributed by atoms with E-state index in [0.29, 0.717) is 26.2 Å². The monoisotopic (exact) mass is 363 g/mol. The second-order valence-electron chi connectivity index (χ2n) is 6.19. The van der Waals surface area contributed by atoms with Crippen LogP contribution in [0.2, 0.25) is 0 Å². The molecule has 1 aromatic carbocycles. The Hall–Kier alpha value is -1.89. The Morgan fingerprint density at radius 3 is 2.73 bits per heavy atom. The van der Waals surface area contributed by atoms with E-state index in [2.05, 4.69) is 5.32 Å². The standard InChI is InChI=1S/C20H29NO5/c1-3-25-20-16(10-7-12-22)17(15-8-5-4-6-9-15)14-18(26-20)19(23)21-11-13-24-2/h4-6,8-9,14,16-17,20,22H,3,7,10-13H2,1-2H3,(H,21,23)/t16-,17+,20+/m1/s1. The van der Waals surface area contributed by atoms with E-state index >= 15 is 0 Å². The van der Waals surface area contributed by atoms with Crippen molar-refractivity contribution in [2.24, 2.45) is 5.92 Å². The number of rotatable bonds is 10. The molecule has 0 bridgehead atoms. The van der Waals surface area contributed by atoms with Gasteiger partial charge < -0.3 is 24.6 Å². The molecular formula is C20H29NO5. The van der Waals surface area contributed by atoms with Crippen LogP contribution < -0.4 is 5.32 Å². The largest absolute Gasteiger partial charge is 0.459 e. The molecule has 6 heteroatoms. The Labute approximate surface area is 155 Å². The van der Waals surface area contributed by atoms with Gasteiger partial charge >= 0.3 is 0 Å². The molecule has 0 radical (unpaired) electrons. The van der Waals surface area contributed by atoms with Crippen molar-refractivity contribution >= 4 is 5.91 Å². The summed E-state index contributed by atoms with van der Waals surface area (Å²) in [6.07, 6.45) is 2.75. The van der Waals surface area contributed by atoms with Gasteiger partial charge in [0, 0.05) is 38.7 Å². The topological polar surface area (TPSA) is 77.0 Å². The van der Waals surface area contributed by atoms with Gasteiger partial charge in [0.05, 0.1) is 6.61 Å². The highest BCUT2D eigenvalue weighted by Crippen LogP contribution is 2.39. The Bertz CT molecular complexity index is 575. The van der Waals surface area contributed by atoms with Crippen LogP contribution in [-0.4, -0.2) is 50.8 Å². The van der Waals surface area contributed by atoms with Gasteiger partial charge in [0.2, 0.25) is 6.29 Å². The molecule has 144 valence electrons. The number of benzene rings is 1. The molecule has 1 aromatic rings. The summed E-state index contributed by atoms with van der Waals surface area (Å²) >= 11 is 0. The van der Waals surface area contributed by atoms with Crippen molar-refractivity contribution in [3.8, 4) is 0 Å². The number of nitrogens with one attached hydrogen (secondary N) is 1. The van der Waals surface area contributed by atoms with Gasteiger partial charge in [-0.15, -0.1) is 0 Å². The first kappa shape index (κ1) is 20.4. The molecule has 0 aliphatic carbocycles. The fourth-order valence-electron chi connectivity index (χ4n) is 3.17. The molecule has 2 N–H and O–H groups in total. The van der Waals surface area contributed by atoms with Crippen molar-refractivity contribution in [3.63, 3.8) is 0 Å². The summed E-state index contributed by atoms with van der Waals surface area (Å²) in [5.74, 6) is 0.0122. The summed E-state index contributed by atoms with van der Waals surface area (Å²) in [6, 6.07) is 10.0. The van der Waals surface area contributed by atoms with Crippen LogP contribution >= 0.6 is 0 Å². The van der Waals surface area contributed by atoms with Crippen molar-refractivity contribution in [2.45, 2.75) is 32.0 Å². The minimum absolute atomic E-state index is 0.0174. The molecular weight excluding hydrogens is 334 g/mol. The molecule has 1 aliphatic rings. The van der Waals surface area contributed by atoms with Crippen LogP contribution in [0.4, 0.5) is 0 Å². The Morgan fingerprint density at radius 2 is 2.08 bits per heavy atom. The number of aliphatic hydroxyl groups excluding tert-OH is 1. The third-order valence-electron chi connectivity index (χ3n) is 4.41. The second-order valence-corrected chi connectivity index (χ2v) is 6.19. The molecule has 0 unspecified atom stereocenters. The molecule has 1 aliphatic heterocycles. The lowest BCUT2D eigenvalue weighted by molar-refractivity contribution is -0.166. The van der Waals surface area contributed by atoms with Gasteiger partial charge in [-0.1, -0.05) is 30.3 Å². The lowest BCUT2D eigenvalue weighted by Crippen LogP contribution is -2.39. The summed E-state index contributed by atoms with van der Waals surface area (Å²) < 4.78 is 16.7. The minimum Gasteiger partial charge on any atom is -0.459 e. The molecule has 1 amide bonds. The average Bonchev–Trinajstić information content (AvgIpc) is 2.67. The molecule has 26 heavy (non-hydrogen) atoms. The highest BCUT2D eigenvalue weighted by Gasteiger charge is 2.37. The van der Waals surface area contributed by atoms with E-state index in [-0.39, 0.29) is 30.1 Å². The van der Waals surface area contributed by atoms with Gasteiger partial charge in [0.1, 0.15) is 0 Å². The fourth-order valence-corrected chi connectivity index (χ4v) is 3.17. The van der Waals surface area contributed by atoms with E-state index in [4.69, 9.17) is 14.2 Å². The molecule has 6 nitrogen and oxygen atoms in total. The number of carbonyl (C=O) groups excluding carboxylic acids is 1. The van der Waals surface area contributed by atoms with E-state index in [9.17, 15) is 9.90 Å². The quantitative estimate of drug-likeness (QED) is 0.623. The summed E-state index contributed by atoms with van der Waals surface area (Å²) in [4.78, 5) is 12.5. The van der Waals surface area contributed by atoms with Gasteiger partial charge in [-0.2, -0.15) is 0 Å². The predicted octanol–water partition coefficient (Wildman–Crippen LogP) is 2.20. The number of allylic oxidation sites excluding steroid dienone is 1. The average molecular weight is 363 g/mol. The molecule has 0 fully saturated rings. The molecule has 0 aromatic heterocycles. The summed E-state index contributed by atoms with van der Waals surface area (Å²) in [6.45, 7) is 3.36. The first-order chi connectivity index (χ1) is 12.7. The molecule has 3 atom stereocenters. The molecule has 0 spiro atoms. The number of amides is 1. The summed E-state index contributed by atoms with van der Waals surface area (Å²) in [5.41, 5.74) is 1.10. The van der Waals surface area contributed by atoms with Crippen LogP contribution in [0.25, 0.3) is 0 Å². The first-order valence-electron chi connectivity index (χ1n) is 9.14. The van der Waals surface area contributed by atoms with Crippen molar-refractivity contribution < 1.29 is 24.1 Å². The Balaban J connectivity index is 2.28. The number of hydrogen-bond donors (Lipinski definition) is 2. The van der Waals surface area contributed by atoms with Crippen molar-refractivity contribution in [2.75, 3.05) is 33.5 Å². The van der Waals surface area contributed by atoms with Gasteiger partial charge in [0.15, 0.2) is 5.76 Å². The predicted molar refractivity (Wildman–Crippen MR) is 98.5 cm³/mol. The third-order valence-corrected chi connectivity index (χ3v) is 4.41. The maximum absolute atomic E-state index is 12.5. The Morgan fingerprint density at radius 1 is 1.31 bits per heavy atom. The van der Waals surface area contributed by atoms with Crippen molar-refractivity contribution in [1.82, 2.24) is 5.32 Å². The van der Waals surface area contributed by atoms with E-state index in [1.54, 1.807) is 7.11 Å². The molecule has 0 saturated heterocycles. The zero-order valence-corrected chi connectivity index (χ0v) is 15.5. The summed E-state index contributed by atoms with van der Waals surface area (Å²) in [7, 11) is 1.59. The second kappa shape index (κ2) is 11.0. The number of hydrogen-bond acceptors (Lipinski definition) is 5. The van der Waals surface area contributed by atoms with E-state index < -0.39 is 6.29 Å². The Kier molecular flexibility index (Phi) is 8.61.